The molecule has 2 rings (SSSR count). The van der Waals surface area contributed by atoms with E-state index in [4.69, 9.17) is 0 Å². The van der Waals surface area contributed by atoms with Crippen molar-refractivity contribution in [2.45, 2.75) is 72.6 Å². The molecule has 0 aromatic carbocycles. The summed E-state index contributed by atoms with van der Waals surface area (Å²) in [5.74, 6) is 2.15. The predicted octanol–water partition coefficient (Wildman–Crippen LogP) is 5.03. The smallest absolute Gasteiger partial charge is 0.0269 e. The molecule has 0 heteroatoms. The van der Waals surface area contributed by atoms with Crippen molar-refractivity contribution in [1.82, 2.24) is 0 Å². The molecule has 0 aromatic rings. The Morgan fingerprint density at radius 1 is 1.00 bits per heavy atom. The lowest BCUT2D eigenvalue weighted by atomic mass is 9.90. The first kappa shape index (κ1) is 11.5. The highest BCUT2D eigenvalue weighted by Crippen LogP contribution is 2.63. The lowest BCUT2D eigenvalue weighted by Gasteiger charge is -2.15. The number of rotatable bonds is 6. The summed E-state index contributed by atoms with van der Waals surface area (Å²) in [5.41, 5.74) is 1.50. The summed E-state index contributed by atoms with van der Waals surface area (Å²) in [7, 11) is 0. The Kier molecular flexibility index (Phi) is 2.90. The fraction of sp³-hybridized carbons (Fsp3) is 1.00. The molecule has 0 amide bonds. The monoisotopic (exact) mass is 208 g/mol. The standard InChI is InChI=1S/C15H28/c1-5-7-13-11-15(13,6-2)9-8-12-10-14(12,3)4/h12-13H,5-11H2,1-4H3. The molecule has 0 aromatic heterocycles. The highest BCUT2D eigenvalue weighted by atomic mass is 14.6. The van der Waals surface area contributed by atoms with Gasteiger partial charge < -0.3 is 0 Å². The number of hydrogen-bond donors (Lipinski definition) is 0. The maximum atomic E-state index is 2.44. The van der Waals surface area contributed by atoms with Crippen molar-refractivity contribution >= 4 is 0 Å². The second kappa shape index (κ2) is 3.79. The molecule has 3 unspecified atom stereocenters. The minimum atomic E-state index is 0.698. The summed E-state index contributed by atoms with van der Waals surface area (Å²) in [6, 6.07) is 0. The Bertz CT molecular complexity index is 228. The molecule has 3 atom stereocenters. The molecule has 0 nitrogen and oxygen atoms in total. The summed E-state index contributed by atoms with van der Waals surface area (Å²) in [4.78, 5) is 0. The third-order valence-electron chi connectivity index (χ3n) is 5.41. The van der Waals surface area contributed by atoms with Crippen LogP contribution in [0, 0.1) is 22.7 Å². The quantitative estimate of drug-likeness (QED) is 0.574. The molecule has 0 saturated heterocycles. The van der Waals surface area contributed by atoms with Crippen LogP contribution < -0.4 is 0 Å². The van der Waals surface area contributed by atoms with Crippen LogP contribution in [0.2, 0.25) is 0 Å². The van der Waals surface area contributed by atoms with Gasteiger partial charge in [-0.1, -0.05) is 47.0 Å². The van der Waals surface area contributed by atoms with E-state index in [-0.39, 0.29) is 0 Å². The van der Waals surface area contributed by atoms with Gasteiger partial charge in [-0.25, -0.2) is 0 Å². The van der Waals surface area contributed by atoms with Gasteiger partial charge in [-0.15, -0.1) is 0 Å². The predicted molar refractivity (Wildman–Crippen MR) is 66.9 cm³/mol. The van der Waals surface area contributed by atoms with Crippen LogP contribution in [0.15, 0.2) is 0 Å². The molecule has 0 aliphatic heterocycles. The van der Waals surface area contributed by atoms with Crippen LogP contribution in [0.25, 0.3) is 0 Å². The van der Waals surface area contributed by atoms with Crippen LogP contribution in [-0.2, 0) is 0 Å². The molecular weight excluding hydrogens is 180 g/mol. The van der Waals surface area contributed by atoms with Crippen molar-refractivity contribution < 1.29 is 0 Å². The van der Waals surface area contributed by atoms with Gasteiger partial charge in [-0.05, 0) is 48.3 Å². The van der Waals surface area contributed by atoms with Gasteiger partial charge in [0.2, 0.25) is 0 Å². The Hall–Kier alpha value is 0. The summed E-state index contributed by atoms with van der Waals surface area (Å²) < 4.78 is 0. The second-order valence-corrected chi connectivity index (χ2v) is 6.83. The minimum absolute atomic E-state index is 0.698. The van der Waals surface area contributed by atoms with Gasteiger partial charge in [-0.3, -0.25) is 0 Å². The maximum Gasteiger partial charge on any atom is -0.0269 e. The first-order valence-electron chi connectivity index (χ1n) is 7.04. The van der Waals surface area contributed by atoms with Gasteiger partial charge in [0.1, 0.15) is 0 Å². The van der Waals surface area contributed by atoms with Crippen molar-refractivity contribution in [2.24, 2.45) is 22.7 Å². The first-order chi connectivity index (χ1) is 7.04. The zero-order valence-electron chi connectivity index (χ0n) is 11.1. The van der Waals surface area contributed by atoms with Gasteiger partial charge in [0, 0.05) is 0 Å². The van der Waals surface area contributed by atoms with E-state index in [9.17, 15) is 0 Å². The van der Waals surface area contributed by atoms with Crippen LogP contribution in [0.1, 0.15) is 72.6 Å². The molecule has 2 saturated carbocycles. The molecule has 2 aliphatic rings. The Morgan fingerprint density at radius 2 is 1.67 bits per heavy atom. The van der Waals surface area contributed by atoms with Gasteiger partial charge >= 0.3 is 0 Å². The molecule has 88 valence electrons. The average molecular weight is 208 g/mol. The fourth-order valence-electron chi connectivity index (χ4n) is 3.64. The van der Waals surface area contributed by atoms with E-state index >= 15 is 0 Å². The average Bonchev–Trinajstić information content (AvgIpc) is 3.02. The summed E-state index contributed by atoms with van der Waals surface area (Å²) >= 11 is 0. The zero-order valence-corrected chi connectivity index (χ0v) is 11.1. The first-order valence-corrected chi connectivity index (χ1v) is 7.04. The second-order valence-electron chi connectivity index (χ2n) is 6.83. The molecule has 2 aliphatic carbocycles. The topological polar surface area (TPSA) is 0 Å². The Balaban J connectivity index is 1.74. The van der Waals surface area contributed by atoms with Gasteiger partial charge in [0.25, 0.3) is 0 Å². The molecule has 0 spiro atoms. The van der Waals surface area contributed by atoms with E-state index in [2.05, 4.69) is 27.7 Å². The van der Waals surface area contributed by atoms with Crippen LogP contribution in [0.3, 0.4) is 0 Å². The normalized spacial score (nSPS) is 41.6. The summed E-state index contributed by atoms with van der Waals surface area (Å²) in [5, 5.41) is 0. The van der Waals surface area contributed by atoms with Crippen LogP contribution >= 0.6 is 0 Å². The highest BCUT2D eigenvalue weighted by Gasteiger charge is 2.53. The Labute approximate surface area is 95.8 Å². The molecule has 0 bridgehead atoms. The third kappa shape index (κ3) is 2.24. The van der Waals surface area contributed by atoms with Crippen molar-refractivity contribution in [1.29, 1.82) is 0 Å². The van der Waals surface area contributed by atoms with Crippen LogP contribution in [-0.4, -0.2) is 0 Å². The van der Waals surface area contributed by atoms with Gasteiger partial charge in [0.15, 0.2) is 0 Å². The van der Waals surface area contributed by atoms with E-state index in [0.29, 0.717) is 5.41 Å². The fourth-order valence-corrected chi connectivity index (χ4v) is 3.64. The summed E-state index contributed by atoms with van der Waals surface area (Å²) in [6.07, 6.45) is 10.4. The molecule has 15 heavy (non-hydrogen) atoms. The maximum absolute atomic E-state index is 2.44. The van der Waals surface area contributed by atoms with E-state index in [1.807, 2.05) is 0 Å². The molecule has 0 radical (unpaired) electrons. The van der Waals surface area contributed by atoms with Crippen molar-refractivity contribution in [3.8, 4) is 0 Å². The van der Waals surface area contributed by atoms with Crippen LogP contribution in [0.5, 0.6) is 0 Å². The van der Waals surface area contributed by atoms with E-state index in [0.717, 1.165) is 17.3 Å². The Morgan fingerprint density at radius 3 is 2.13 bits per heavy atom. The molecular formula is C15H28. The minimum Gasteiger partial charge on any atom is -0.0654 e. The van der Waals surface area contributed by atoms with Crippen LogP contribution in [0.4, 0.5) is 0 Å². The van der Waals surface area contributed by atoms with Crippen molar-refractivity contribution in [3.05, 3.63) is 0 Å². The summed E-state index contributed by atoms with van der Waals surface area (Å²) in [6.45, 7) is 9.62. The molecule has 0 N–H and O–H groups in total. The van der Waals surface area contributed by atoms with Crippen molar-refractivity contribution in [2.75, 3.05) is 0 Å². The van der Waals surface area contributed by atoms with Gasteiger partial charge in [-0.2, -0.15) is 0 Å². The molecule has 0 heterocycles. The molecule has 2 fully saturated rings. The van der Waals surface area contributed by atoms with E-state index < -0.39 is 0 Å². The van der Waals surface area contributed by atoms with Gasteiger partial charge in [0.05, 0.1) is 0 Å². The zero-order chi connectivity index (χ0) is 11.1. The highest BCUT2D eigenvalue weighted by molar-refractivity contribution is 5.03. The number of hydrogen-bond acceptors (Lipinski definition) is 0. The van der Waals surface area contributed by atoms with Crippen molar-refractivity contribution in [3.63, 3.8) is 0 Å². The van der Waals surface area contributed by atoms with E-state index in [1.165, 1.54) is 38.5 Å². The third-order valence-corrected chi connectivity index (χ3v) is 5.41. The SMILES string of the molecule is CCCC1CC1(CC)CCC1CC1(C)C. The lowest BCUT2D eigenvalue weighted by molar-refractivity contribution is 0.356. The van der Waals surface area contributed by atoms with E-state index in [1.54, 1.807) is 6.42 Å². The largest absolute Gasteiger partial charge is 0.0654 e. The lowest BCUT2D eigenvalue weighted by Crippen LogP contribution is -2.04.